The highest BCUT2D eigenvalue weighted by Crippen LogP contribution is 2.65. The van der Waals surface area contributed by atoms with Gasteiger partial charge in [0.1, 0.15) is 0 Å². The quantitative estimate of drug-likeness (QED) is 0.546. The second kappa shape index (κ2) is 5.45. The Morgan fingerprint density at radius 3 is 2.30 bits per heavy atom. The summed E-state index contributed by atoms with van der Waals surface area (Å²) in [7, 11) is 0. The van der Waals surface area contributed by atoms with Crippen molar-refractivity contribution in [2.75, 3.05) is 0 Å². The van der Waals surface area contributed by atoms with Crippen LogP contribution in [0, 0.1) is 17.3 Å². The maximum Gasteiger partial charge on any atom is 0.0201 e. The molecule has 0 aliphatic heterocycles. The summed E-state index contributed by atoms with van der Waals surface area (Å²) in [5, 5.41) is 0. The largest absolute Gasteiger partial charge is 0.0835 e. The molecule has 4 unspecified atom stereocenters. The molecule has 4 aliphatic carbocycles. The molecule has 4 aliphatic rings. The van der Waals surface area contributed by atoms with Gasteiger partial charge >= 0.3 is 0 Å². The Labute approximate surface area is 161 Å². The summed E-state index contributed by atoms with van der Waals surface area (Å²) in [4.78, 5) is 0. The normalized spacial score (nSPS) is 35.0. The Morgan fingerprint density at radius 2 is 1.48 bits per heavy atom. The van der Waals surface area contributed by atoms with E-state index in [0.29, 0.717) is 11.3 Å². The first-order valence-corrected chi connectivity index (χ1v) is 10.2. The second-order valence-electron chi connectivity index (χ2n) is 8.69. The predicted octanol–water partition coefficient (Wildman–Crippen LogP) is 6.63. The predicted molar refractivity (Wildman–Crippen MR) is 112 cm³/mol. The van der Waals surface area contributed by atoms with Crippen LogP contribution in [0.15, 0.2) is 103 Å². The van der Waals surface area contributed by atoms with Crippen molar-refractivity contribution in [2.24, 2.45) is 17.3 Å². The molecule has 2 saturated carbocycles. The molecule has 2 aromatic carbocycles. The smallest absolute Gasteiger partial charge is 0.0201 e. The fourth-order valence-corrected chi connectivity index (χ4v) is 5.43. The van der Waals surface area contributed by atoms with Gasteiger partial charge in [0.15, 0.2) is 0 Å². The molecule has 0 aromatic heterocycles. The van der Waals surface area contributed by atoms with E-state index in [1.807, 2.05) is 0 Å². The summed E-state index contributed by atoms with van der Waals surface area (Å²) in [6.07, 6.45) is 20.6. The van der Waals surface area contributed by atoms with Gasteiger partial charge in [-0.15, -0.1) is 0 Å². The van der Waals surface area contributed by atoms with Crippen LogP contribution in [-0.4, -0.2) is 0 Å². The van der Waals surface area contributed by atoms with Crippen LogP contribution in [0.3, 0.4) is 0 Å². The van der Waals surface area contributed by atoms with Gasteiger partial charge in [-0.3, -0.25) is 0 Å². The molecule has 0 bridgehead atoms. The van der Waals surface area contributed by atoms with Crippen molar-refractivity contribution in [3.63, 3.8) is 0 Å². The third-order valence-corrected chi connectivity index (χ3v) is 7.25. The van der Waals surface area contributed by atoms with Gasteiger partial charge < -0.3 is 0 Å². The van der Waals surface area contributed by atoms with E-state index in [-0.39, 0.29) is 5.41 Å². The lowest BCUT2D eigenvalue weighted by atomic mass is 9.87. The third kappa shape index (κ3) is 2.29. The van der Waals surface area contributed by atoms with E-state index < -0.39 is 0 Å². The van der Waals surface area contributed by atoms with Gasteiger partial charge in [0.2, 0.25) is 0 Å². The molecule has 2 aromatic rings. The van der Waals surface area contributed by atoms with E-state index in [0.717, 1.165) is 12.3 Å². The van der Waals surface area contributed by atoms with Crippen molar-refractivity contribution >= 4 is 0 Å². The van der Waals surface area contributed by atoms with Crippen LogP contribution in [0.4, 0.5) is 0 Å². The van der Waals surface area contributed by atoms with E-state index in [2.05, 4.69) is 97.1 Å². The third-order valence-electron chi connectivity index (χ3n) is 7.25. The Kier molecular flexibility index (Phi) is 3.12. The molecule has 6 rings (SSSR count). The Morgan fingerprint density at radius 1 is 0.704 bits per heavy atom. The van der Waals surface area contributed by atoms with Crippen molar-refractivity contribution in [1.82, 2.24) is 0 Å². The SMILES string of the molecule is C1=CC2CC2(C2=CC3CC3(c3ccc(-c4ccccc4)cc3)C=CC2)C=C1. The van der Waals surface area contributed by atoms with Crippen molar-refractivity contribution in [3.8, 4) is 11.1 Å². The molecular weight excluding hydrogens is 324 g/mol. The number of hydrogen-bond acceptors (Lipinski definition) is 0. The number of allylic oxidation sites excluding steroid dienone is 8. The average Bonchev–Trinajstić information content (AvgIpc) is 3.60. The molecule has 0 heteroatoms. The van der Waals surface area contributed by atoms with Crippen molar-refractivity contribution in [3.05, 3.63) is 108 Å². The van der Waals surface area contributed by atoms with Gasteiger partial charge in [0, 0.05) is 10.8 Å². The Balaban J connectivity index is 1.29. The van der Waals surface area contributed by atoms with Crippen LogP contribution in [-0.2, 0) is 5.41 Å². The summed E-state index contributed by atoms with van der Waals surface area (Å²) >= 11 is 0. The zero-order valence-corrected chi connectivity index (χ0v) is 15.5. The number of benzene rings is 2. The standard InChI is InChI=1S/C27H24/c1-2-7-20(8-3-1)21-11-13-22(14-12-21)26-16-6-10-23(17-25(26)19-26)27-15-5-4-9-24(27)18-27/h1-9,11-17,24-25H,10,18-19H2. The van der Waals surface area contributed by atoms with Crippen LogP contribution in [0.1, 0.15) is 24.8 Å². The first kappa shape index (κ1) is 15.5. The first-order chi connectivity index (χ1) is 13.3. The minimum atomic E-state index is 0.242. The lowest BCUT2D eigenvalue weighted by Crippen LogP contribution is -2.07. The highest BCUT2D eigenvalue weighted by atomic mass is 14.6. The van der Waals surface area contributed by atoms with Crippen molar-refractivity contribution in [1.29, 1.82) is 0 Å². The van der Waals surface area contributed by atoms with Crippen LogP contribution >= 0.6 is 0 Å². The van der Waals surface area contributed by atoms with Gasteiger partial charge in [-0.25, -0.2) is 0 Å². The summed E-state index contributed by atoms with van der Waals surface area (Å²) in [5.74, 6) is 1.42. The number of hydrogen-bond donors (Lipinski definition) is 0. The van der Waals surface area contributed by atoms with Crippen molar-refractivity contribution < 1.29 is 0 Å². The molecule has 0 N–H and O–H groups in total. The molecule has 27 heavy (non-hydrogen) atoms. The van der Waals surface area contributed by atoms with Gasteiger partial charge in [-0.2, -0.15) is 0 Å². The fraction of sp³-hybridized carbons (Fsp3) is 0.259. The molecule has 0 nitrogen and oxygen atoms in total. The number of rotatable bonds is 3. The molecule has 2 fully saturated rings. The van der Waals surface area contributed by atoms with E-state index in [1.165, 1.54) is 29.5 Å². The molecule has 0 heterocycles. The summed E-state index contributed by atoms with van der Waals surface area (Å²) < 4.78 is 0. The summed E-state index contributed by atoms with van der Waals surface area (Å²) in [6.45, 7) is 0. The fourth-order valence-electron chi connectivity index (χ4n) is 5.43. The Hall–Kier alpha value is -2.60. The van der Waals surface area contributed by atoms with Crippen LogP contribution in [0.5, 0.6) is 0 Å². The van der Waals surface area contributed by atoms with Crippen LogP contribution in [0.2, 0.25) is 0 Å². The van der Waals surface area contributed by atoms with Crippen LogP contribution < -0.4 is 0 Å². The van der Waals surface area contributed by atoms with E-state index >= 15 is 0 Å². The number of fused-ring (bicyclic) bond motifs is 2. The summed E-state index contributed by atoms with van der Waals surface area (Å²) in [5.41, 5.74) is 6.34. The van der Waals surface area contributed by atoms with E-state index in [9.17, 15) is 0 Å². The minimum Gasteiger partial charge on any atom is -0.0835 e. The highest BCUT2D eigenvalue weighted by Gasteiger charge is 2.57. The topological polar surface area (TPSA) is 0 Å². The lowest BCUT2D eigenvalue weighted by molar-refractivity contribution is 0.696. The highest BCUT2D eigenvalue weighted by molar-refractivity contribution is 5.64. The summed E-state index contributed by atoms with van der Waals surface area (Å²) in [6, 6.07) is 20.0. The molecule has 0 saturated heterocycles. The van der Waals surface area contributed by atoms with Gasteiger partial charge in [0.05, 0.1) is 0 Å². The van der Waals surface area contributed by atoms with E-state index in [4.69, 9.17) is 0 Å². The zero-order valence-electron chi connectivity index (χ0n) is 15.5. The van der Waals surface area contributed by atoms with Gasteiger partial charge in [-0.1, -0.05) is 103 Å². The molecule has 0 radical (unpaired) electrons. The van der Waals surface area contributed by atoms with E-state index in [1.54, 1.807) is 5.57 Å². The lowest BCUT2D eigenvalue weighted by Gasteiger charge is -2.17. The minimum absolute atomic E-state index is 0.242. The molecule has 4 atom stereocenters. The second-order valence-corrected chi connectivity index (χ2v) is 8.69. The van der Waals surface area contributed by atoms with Crippen LogP contribution in [0.25, 0.3) is 11.1 Å². The molecule has 0 spiro atoms. The molecular formula is C27H24. The molecule has 0 amide bonds. The maximum absolute atomic E-state index is 2.63. The monoisotopic (exact) mass is 348 g/mol. The Bertz CT molecular complexity index is 1000. The first-order valence-electron chi connectivity index (χ1n) is 10.2. The molecule has 132 valence electrons. The zero-order chi connectivity index (χ0) is 17.9. The average molecular weight is 348 g/mol. The maximum atomic E-state index is 2.63. The van der Waals surface area contributed by atoms with Crippen molar-refractivity contribution in [2.45, 2.75) is 24.7 Å². The van der Waals surface area contributed by atoms with Gasteiger partial charge in [0.25, 0.3) is 0 Å². The van der Waals surface area contributed by atoms with Gasteiger partial charge in [-0.05, 0) is 47.8 Å².